The van der Waals surface area contributed by atoms with Crippen LogP contribution in [0.15, 0.2) is 47.3 Å². The first-order valence-electron chi connectivity index (χ1n) is 12.9. The van der Waals surface area contributed by atoms with Crippen molar-refractivity contribution in [3.8, 4) is 0 Å². The molecule has 2 aromatic carbocycles. The van der Waals surface area contributed by atoms with Crippen molar-refractivity contribution in [3.05, 3.63) is 85.9 Å². The molecule has 2 aromatic heterocycles. The summed E-state index contributed by atoms with van der Waals surface area (Å²) in [7, 11) is 0. The Morgan fingerprint density at radius 3 is 2.76 bits per heavy atom. The topological polar surface area (TPSA) is 88.9 Å². The quantitative estimate of drug-likeness (QED) is 0.329. The van der Waals surface area contributed by atoms with Gasteiger partial charge in [-0.3, -0.25) is 9.69 Å². The summed E-state index contributed by atoms with van der Waals surface area (Å²) in [5, 5.41) is 14.5. The summed E-state index contributed by atoms with van der Waals surface area (Å²) >= 11 is 6.58. The third-order valence-electron chi connectivity index (χ3n) is 7.16. The molecule has 1 N–H and O–H groups in total. The second-order valence-electron chi connectivity index (χ2n) is 9.94. The van der Waals surface area contributed by atoms with Crippen LogP contribution in [0.2, 0.25) is 5.02 Å². The van der Waals surface area contributed by atoms with E-state index < -0.39 is 0 Å². The van der Waals surface area contributed by atoms with Crippen LogP contribution in [0.3, 0.4) is 0 Å². The van der Waals surface area contributed by atoms with E-state index in [9.17, 15) is 4.79 Å². The van der Waals surface area contributed by atoms with Gasteiger partial charge < -0.3 is 9.72 Å². The van der Waals surface area contributed by atoms with Gasteiger partial charge in [-0.25, -0.2) is 4.68 Å². The molecule has 4 aromatic rings. The molecule has 0 saturated carbocycles. The highest BCUT2D eigenvalue weighted by molar-refractivity contribution is 6.31. The number of nitrogens with one attached hydrogen (secondary N) is 1. The Bertz CT molecular complexity index is 1440. The number of pyridine rings is 1. The Morgan fingerprint density at radius 1 is 1.19 bits per heavy atom. The summed E-state index contributed by atoms with van der Waals surface area (Å²) in [5.41, 5.74) is 4.70. The number of benzene rings is 2. The van der Waals surface area contributed by atoms with Crippen LogP contribution in [0, 0.1) is 13.8 Å². The minimum Gasteiger partial charge on any atom is -0.376 e. The second-order valence-corrected chi connectivity index (χ2v) is 10.4. The number of nitrogens with zero attached hydrogens (tertiary/aromatic N) is 5. The number of ether oxygens (including phenoxy) is 1. The van der Waals surface area contributed by atoms with Gasteiger partial charge in [-0.2, -0.15) is 0 Å². The number of aryl methyl sites for hydroxylation is 2. The summed E-state index contributed by atoms with van der Waals surface area (Å²) < 4.78 is 7.71. The Kier molecular flexibility index (Phi) is 7.69. The molecule has 0 amide bonds. The Labute approximate surface area is 221 Å². The fraction of sp³-hybridized carbons (Fsp3) is 0.429. The lowest BCUT2D eigenvalue weighted by molar-refractivity contribution is 0.0888. The summed E-state index contributed by atoms with van der Waals surface area (Å²) in [4.78, 5) is 18.6. The Balaban J connectivity index is 1.53. The van der Waals surface area contributed by atoms with Crippen molar-refractivity contribution in [1.29, 1.82) is 0 Å². The number of H-pyrrole nitrogens is 1. The molecule has 0 aliphatic carbocycles. The molecule has 1 aliphatic heterocycles. The van der Waals surface area contributed by atoms with Crippen LogP contribution in [0.25, 0.3) is 10.9 Å². The normalized spacial score (nSPS) is 16.6. The number of rotatable bonds is 9. The lowest BCUT2D eigenvalue weighted by Crippen LogP contribution is -2.33. The summed E-state index contributed by atoms with van der Waals surface area (Å²) in [6.45, 7) is 8.59. The van der Waals surface area contributed by atoms with Crippen LogP contribution >= 0.6 is 11.6 Å². The molecule has 1 aliphatic rings. The number of fused-ring (bicyclic) bond motifs is 1. The van der Waals surface area contributed by atoms with Crippen molar-refractivity contribution in [2.24, 2.45) is 0 Å². The largest absolute Gasteiger partial charge is 0.376 e. The van der Waals surface area contributed by atoms with E-state index in [2.05, 4.69) is 51.4 Å². The molecule has 9 heteroatoms. The van der Waals surface area contributed by atoms with E-state index in [1.54, 1.807) is 0 Å². The predicted octanol–water partition coefficient (Wildman–Crippen LogP) is 5.12. The SMILES string of the molecule is CCC(c1nnnn1CC1CCCO1)N(Cc1ccccc1Cl)Cc1cc2cc(C)cc(C)c2[nH]c1=O. The third kappa shape index (κ3) is 5.61. The van der Waals surface area contributed by atoms with Gasteiger partial charge in [0, 0.05) is 30.3 Å². The molecular formula is C28H33ClN6O2. The number of hydrogen-bond donors (Lipinski definition) is 1. The van der Waals surface area contributed by atoms with Crippen molar-refractivity contribution in [3.63, 3.8) is 0 Å². The van der Waals surface area contributed by atoms with Crippen LogP contribution in [-0.2, 0) is 24.4 Å². The molecule has 37 heavy (non-hydrogen) atoms. The monoisotopic (exact) mass is 520 g/mol. The number of hydrogen-bond acceptors (Lipinski definition) is 6. The summed E-state index contributed by atoms with van der Waals surface area (Å²) in [6, 6.07) is 13.9. The highest BCUT2D eigenvalue weighted by atomic mass is 35.5. The average Bonchev–Trinajstić information content (AvgIpc) is 3.55. The van der Waals surface area contributed by atoms with Crippen molar-refractivity contribution in [2.45, 2.75) is 71.8 Å². The van der Waals surface area contributed by atoms with E-state index >= 15 is 0 Å². The molecule has 0 bridgehead atoms. The van der Waals surface area contributed by atoms with Gasteiger partial charge in [0.05, 0.1) is 24.2 Å². The third-order valence-corrected chi connectivity index (χ3v) is 7.53. The molecule has 3 heterocycles. The first-order valence-corrected chi connectivity index (χ1v) is 13.3. The fourth-order valence-electron chi connectivity index (χ4n) is 5.36. The number of aromatic nitrogens is 5. The lowest BCUT2D eigenvalue weighted by atomic mass is 10.0. The first-order chi connectivity index (χ1) is 17.9. The maximum atomic E-state index is 13.2. The van der Waals surface area contributed by atoms with Gasteiger partial charge in [0.1, 0.15) is 0 Å². The zero-order valence-electron chi connectivity index (χ0n) is 21.6. The van der Waals surface area contributed by atoms with E-state index in [0.717, 1.165) is 59.3 Å². The van der Waals surface area contributed by atoms with Crippen molar-refractivity contribution >= 4 is 22.5 Å². The van der Waals surface area contributed by atoms with Crippen LogP contribution < -0.4 is 5.56 Å². The predicted molar refractivity (Wildman–Crippen MR) is 145 cm³/mol. The van der Waals surface area contributed by atoms with Crippen LogP contribution in [0.4, 0.5) is 0 Å². The minimum atomic E-state index is -0.123. The Morgan fingerprint density at radius 2 is 2.00 bits per heavy atom. The van der Waals surface area contributed by atoms with Gasteiger partial charge in [0.2, 0.25) is 0 Å². The van der Waals surface area contributed by atoms with Crippen molar-refractivity contribution in [1.82, 2.24) is 30.1 Å². The van der Waals surface area contributed by atoms with Crippen LogP contribution in [0.5, 0.6) is 0 Å². The molecule has 1 fully saturated rings. The summed E-state index contributed by atoms with van der Waals surface area (Å²) in [5.74, 6) is 0.772. The van der Waals surface area contributed by atoms with E-state index in [0.29, 0.717) is 30.2 Å². The van der Waals surface area contributed by atoms with E-state index in [1.165, 1.54) is 0 Å². The average molecular weight is 521 g/mol. The maximum Gasteiger partial charge on any atom is 0.252 e. The zero-order valence-corrected chi connectivity index (χ0v) is 22.3. The van der Waals surface area contributed by atoms with Gasteiger partial charge in [0.25, 0.3) is 5.56 Å². The smallest absolute Gasteiger partial charge is 0.252 e. The molecule has 2 unspecified atom stereocenters. The fourth-order valence-corrected chi connectivity index (χ4v) is 5.55. The van der Waals surface area contributed by atoms with Crippen LogP contribution in [-0.4, -0.2) is 42.8 Å². The molecule has 8 nitrogen and oxygen atoms in total. The van der Waals surface area contributed by atoms with Crippen LogP contribution in [0.1, 0.15) is 60.3 Å². The number of halogens is 1. The van der Waals surface area contributed by atoms with Crippen molar-refractivity contribution < 1.29 is 4.74 Å². The number of aromatic amines is 1. The lowest BCUT2D eigenvalue weighted by Gasteiger charge is -2.31. The van der Waals surface area contributed by atoms with E-state index in [1.807, 2.05) is 41.9 Å². The van der Waals surface area contributed by atoms with Gasteiger partial charge >= 0.3 is 0 Å². The molecule has 0 radical (unpaired) electrons. The Hall–Kier alpha value is -3.07. The standard InChI is InChI=1S/C28H33ClN6O2/c1-4-25(27-31-32-33-35(27)17-23-9-7-11-37-23)34(15-20-8-5-6-10-24(20)29)16-22-14-21-13-18(2)12-19(3)26(21)30-28(22)36/h5-6,8,10,12-14,23,25H,4,7,9,11,15-17H2,1-3H3,(H,30,36). The molecule has 1 saturated heterocycles. The molecule has 194 valence electrons. The number of tetrazole rings is 1. The van der Waals surface area contributed by atoms with Gasteiger partial charge in [-0.05, 0) is 78.2 Å². The van der Waals surface area contributed by atoms with Gasteiger partial charge in [0.15, 0.2) is 5.82 Å². The van der Waals surface area contributed by atoms with E-state index in [-0.39, 0.29) is 17.7 Å². The maximum absolute atomic E-state index is 13.2. The second kappa shape index (κ2) is 11.1. The van der Waals surface area contributed by atoms with Gasteiger partial charge in [-0.15, -0.1) is 5.10 Å². The zero-order chi connectivity index (χ0) is 25.9. The molecule has 2 atom stereocenters. The summed E-state index contributed by atoms with van der Waals surface area (Å²) in [6.07, 6.45) is 2.94. The highest BCUT2D eigenvalue weighted by Crippen LogP contribution is 2.29. The van der Waals surface area contributed by atoms with E-state index in [4.69, 9.17) is 16.3 Å². The highest BCUT2D eigenvalue weighted by Gasteiger charge is 2.28. The first kappa shape index (κ1) is 25.6. The minimum absolute atomic E-state index is 0.0857. The van der Waals surface area contributed by atoms with Gasteiger partial charge in [-0.1, -0.05) is 48.4 Å². The van der Waals surface area contributed by atoms with Crippen molar-refractivity contribution in [2.75, 3.05) is 6.61 Å². The molecule has 5 rings (SSSR count). The molecular weight excluding hydrogens is 488 g/mol. The molecule has 0 spiro atoms.